The minimum Gasteiger partial charge on any atom is -0.364 e. The zero-order valence-corrected chi connectivity index (χ0v) is 12.8. The molecular formula is C15H21N3O2S. The van der Waals surface area contributed by atoms with Crippen LogP contribution in [0.4, 0.5) is 0 Å². The highest BCUT2D eigenvalue weighted by Gasteiger charge is 2.42. The highest BCUT2D eigenvalue weighted by molar-refractivity contribution is 7.09. The summed E-state index contributed by atoms with van der Waals surface area (Å²) in [5.41, 5.74) is 0. The monoisotopic (exact) mass is 307 g/mol. The lowest BCUT2D eigenvalue weighted by molar-refractivity contribution is -0.133. The Hall–Kier alpha value is -0.980. The molecule has 1 amide bonds. The molecule has 0 aromatic carbocycles. The average molecular weight is 307 g/mol. The van der Waals surface area contributed by atoms with E-state index >= 15 is 0 Å². The van der Waals surface area contributed by atoms with E-state index in [1.807, 2.05) is 11.6 Å². The number of hydrogen-bond acceptors (Lipinski definition) is 5. The molecule has 0 spiro atoms. The van der Waals surface area contributed by atoms with Crippen molar-refractivity contribution in [1.29, 1.82) is 0 Å². The first-order chi connectivity index (χ1) is 10.3. The van der Waals surface area contributed by atoms with Gasteiger partial charge in [0.1, 0.15) is 11.1 Å². The van der Waals surface area contributed by atoms with Crippen molar-refractivity contribution in [2.24, 2.45) is 5.92 Å². The fraction of sp³-hybridized carbons (Fsp3) is 0.733. The molecule has 2 saturated heterocycles. The minimum atomic E-state index is -0.222. The van der Waals surface area contributed by atoms with Gasteiger partial charge < -0.3 is 10.1 Å². The largest absolute Gasteiger partial charge is 0.364 e. The Morgan fingerprint density at radius 2 is 2.38 bits per heavy atom. The number of nitrogens with one attached hydrogen (secondary N) is 1. The molecule has 0 bridgehead atoms. The third kappa shape index (κ3) is 3.12. The Labute approximate surface area is 128 Å². The topological polar surface area (TPSA) is 54.5 Å². The maximum Gasteiger partial charge on any atom is 0.249 e. The van der Waals surface area contributed by atoms with Crippen LogP contribution < -0.4 is 5.32 Å². The second-order valence-corrected chi connectivity index (χ2v) is 7.37. The second-order valence-electron chi connectivity index (χ2n) is 6.39. The number of thiazole rings is 1. The first-order valence-corrected chi connectivity index (χ1v) is 8.72. The van der Waals surface area contributed by atoms with Crippen LogP contribution in [0.2, 0.25) is 0 Å². The van der Waals surface area contributed by atoms with E-state index in [4.69, 9.17) is 4.74 Å². The van der Waals surface area contributed by atoms with Crippen LogP contribution in [0.25, 0.3) is 0 Å². The van der Waals surface area contributed by atoms with Gasteiger partial charge in [-0.15, -0.1) is 11.3 Å². The molecule has 6 heteroatoms. The first kappa shape index (κ1) is 13.7. The molecule has 5 nitrogen and oxygen atoms in total. The number of amides is 1. The van der Waals surface area contributed by atoms with Gasteiger partial charge in [-0.25, -0.2) is 4.98 Å². The number of fused-ring (bicyclic) bond motifs is 1. The summed E-state index contributed by atoms with van der Waals surface area (Å²) in [6.07, 6.45) is 6.14. The zero-order valence-electron chi connectivity index (χ0n) is 12.0. The van der Waals surface area contributed by atoms with E-state index in [0.29, 0.717) is 12.0 Å². The van der Waals surface area contributed by atoms with Crippen LogP contribution in [-0.2, 0) is 16.1 Å². The van der Waals surface area contributed by atoms with Crippen molar-refractivity contribution < 1.29 is 9.53 Å². The van der Waals surface area contributed by atoms with Crippen molar-refractivity contribution in [3.05, 3.63) is 16.6 Å². The molecule has 0 radical (unpaired) electrons. The molecule has 114 valence electrons. The van der Waals surface area contributed by atoms with Gasteiger partial charge in [0.05, 0.1) is 12.6 Å². The highest BCUT2D eigenvalue weighted by atomic mass is 32.1. The van der Waals surface area contributed by atoms with Crippen LogP contribution in [0.15, 0.2) is 11.6 Å². The van der Waals surface area contributed by atoms with E-state index < -0.39 is 0 Å². The number of hydrogen-bond donors (Lipinski definition) is 1. The predicted molar refractivity (Wildman–Crippen MR) is 79.9 cm³/mol. The standard InChI is InChI=1S/C15H21N3O2S/c19-15(17-11-1-2-11)12-7-10-3-5-18(8-13(10)20-12)9-14-16-4-6-21-14/h4,6,10-13H,1-3,5,7-9H2,(H,17,19)/t10-,12+,13+/m1/s1. The number of carbonyl (C=O) groups is 1. The SMILES string of the molecule is O=C(NC1CC1)[C@@H]1C[C@H]2CCN(Cc3nccs3)C[C@@H]2O1. The third-order valence-corrected chi connectivity index (χ3v) is 5.46. The molecule has 1 saturated carbocycles. The summed E-state index contributed by atoms with van der Waals surface area (Å²) < 4.78 is 6.03. The summed E-state index contributed by atoms with van der Waals surface area (Å²) in [5.74, 6) is 0.658. The second kappa shape index (κ2) is 5.66. The lowest BCUT2D eigenvalue weighted by Gasteiger charge is -2.33. The summed E-state index contributed by atoms with van der Waals surface area (Å²) >= 11 is 1.70. The van der Waals surface area contributed by atoms with Crippen molar-refractivity contribution in [1.82, 2.24) is 15.2 Å². The molecule has 3 fully saturated rings. The molecule has 3 aliphatic rings. The zero-order chi connectivity index (χ0) is 14.2. The van der Waals surface area contributed by atoms with Gasteiger partial charge in [0.2, 0.25) is 5.91 Å². The number of likely N-dealkylation sites (tertiary alicyclic amines) is 1. The Morgan fingerprint density at radius 1 is 1.48 bits per heavy atom. The van der Waals surface area contributed by atoms with Crippen LogP contribution in [0.1, 0.15) is 30.7 Å². The van der Waals surface area contributed by atoms with Crippen molar-refractivity contribution in [2.75, 3.05) is 13.1 Å². The number of carbonyl (C=O) groups excluding carboxylic acids is 1. The number of rotatable bonds is 4. The van der Waals surface area contributed by atoms with Crippen LogP contribution >= 0.6 is 11.3 Å². The van der Waals surface area contributed by atoms with Gasteiger partial charge in [0.15, 0.2) is 0 Å². The number of nitrogens with zero attached hydrogens (tertiary/aromatic N) is 2. The number of piperidine rings is 1. The van der Waals surface area contributed by atoms with Crippen LogP contribution in [-0.4, -0.2) is 47.1 Å². The molecular weight excluding hydrogens is 286 g/mol. The summed E-state index contributed by atoms with van der Waals surface area (Å²) in [7, 11) is 0. The van der Waals surface area contributed by atoms with Crippen molar-refractivity contribution in [3.63, 3.8) is 0 Å². The van der Waals surface area contributed by atoms with E-state index in [0.717, 1.165) is 50.3 Å². The van der Waals surface area contributed by atoms with Crippen molar-refractivity contribution in [2.45, 2.75) is 50.5 Å². The van der Waals surface area contributed by atoms with Crippen LogP contribution in [0.5, 0.6) is 0 Å². The Kier molecular flexibility index (Phi) is 3.69. The lowest BCUT2D eigenvalue weighted by Crippen LogP contribution is -2.42. The summed E-state index contributed by atoms with van der Waals surface area (Å²) in [5, 5.41) is 6.25. The third-order valence-electron chi connectivity index (χ3n) is 4.69. The van der Waals surface area contributed by atoms with E-state index in [2.05, 4.69) is 15.2 Å². The molecule has 1 aromatic heterocycles. The summed E-state index contributed by atoms with van der Waals surface area (Å²) in [6, 6.07) is 0.421. The molecule has 3 atom stereocenters. The van der Waals surface area contributed by atoms with Crippen molar-refractivity contribution >= 4 is 17.2 Å². The quantitative estimate of drug-likeness (QED) is 0.913. The number of ether oxygens (including phenoxy) is 1. The van der Waals surface area contributed by atoms with E-state index in [-0.39, 0.29) is 18.1 Å². The lowest BCUT2D eigenvalue weighted by atomic mass is 9.91. The van der Waals surface area contributed by atoms with E-state index in [1.165, 1.54) is 0 Å². The fourth-order valence-electron chi connectivity index (χ4n) is 3.35. The van der Waals surface area contributed by atoms with Gasteiger partial charge in [-0.1, -0.05) is 0 Å². The average Bonchev–Trinajstić information content (AvgIpc) is 3.00. The number of aromatic nitrogens is 1. The highest BCUT2D eigenvalue weighted by Crippen LogP contribution is 2.34. The summed E-state index contributed by atoms with van der Waals surface area (Å²) in [6.45, 7) is 2.92. The van der Waals surface area contributed by atoms with Gasteiger partial charge in [0.25, 0.3) is 0 Å². The van der Waals surface area contributed by atoms with Gasteiger partial charge in [-0.2, -0.15) is 0 Å². The Balaban J connectivity index is 1.32. The minimum absolute atomic E-state index is 0.110. The smallest absolute Gasteiger partial charge is 0.249 e. The van der Waals surface area contributed by atoms with Crippen molar-refractivity contribution in [3.8, 4) is 0 Å². The van der Waals surface area contributed by atoms with Gasteiger partial charge >= 0.3 is 0 Å². The van der Waals surface area contributed by atoms with Crippen LogP contribution in [0, 0.1) is 5.92 Å². The molecule has 2 aliphatic heterocycles. The molecule has 3 heterocycles. The van der Waals surface area contributed by atoms with E-state index in [1.54, 1.807) is 11.3 Å². The van der Waals surface area contributed by atoms with Crippen LogP contribution in [0.3, 0.4) is 0 Å². The Morgan fingerprint density at radius 3 is 3.14 bits per heavy atom. The first-order valence-electron chi connectivity index (χ1n) is 7.84. The summed E-state index contributed by atoms with van der Waals surface area (Å²) in [4.78, 5) is 18.9. The maximum atomic E-state index is 12.1. The van der Waals surface area contributed by atoms with Gasteiger partial charge in [-0.05, 0) is 38.1 Å². The molecule has 1 aromatic rings. The van der Waals surface area contributed by atoms with Gasteiger partial charge in [0, 0.05) is 24.2 Å². The molecule has 21 heavy (non-hydrogen) atoms. The normalized spacial score (nSPS) is 32.9. The molecule has 4 rings (SSSR count). The molecule has 1 aliphatic carbocycles. The van der Waals surface area contributed by atoms with E-state index in [9.17, 15) is 4.79 Å². The maximum absolute atomic E-state index is 12.1. The predicted octanol–water partition coefficient (Wildman–Crippen LogP) is 1.40. The Bertz CT molecular complexity index is 503. The van der Waals surface area contributed by atoms with Gasteiger partial charge in [-0.3, -0.25) is 9.69 Å². The molecule has 1 N–H and O–H groups in total. The molecule has 0 unspecified atom stereocenters. The fourth-order valence-corrected chi connectivity index (χ4v) is 4.01.